The van der Waals surface area contributed by atoms with Crippen LogP contribution >= 0.6 is 15.9 Å². The number of halogens is 1. The summed E-state index contributed by atoms with van der Waals surface area (Å²) in [5, 5.41) is 5.96. The van der Waals surface area contributed by atoms with Crippen LogP contribution in [0.25, 0.3) is 0 Å². The zero-order chi connectivity index (χ0) is 12.5. The predicted octanol–water partition coefficient (Wildman–Crippen LogP) is 0.880. The first-order valence-electron chi connectivity index (χ1n) is 5.17. The number of anilines is 2. The van der Waals surface area contributed by atoms with Crippen LogP contribution < -0.4 is 10.6 Å². The molecule has 2 N–H and O–H groups in total. The zero-order valence-corrected chi connectivity index (χ0v) is 11.7. The van der Waals surface area contributed by atoms with Gasteiger partial charge in [0, 0.05) is 19.3 Å². The molecule has 0 saturated carbocycles. The first kappa shape index (κ1) is 12.6. The molecule has 1 atom stereocenters. The molecule has 0 spiro atoms. The maximum absolute atomic E-state index is 11.3. The summed E-state index contributed by atoms with van der Waals surface area (Å²) in [6.07, 6.45) is 2.24. The largest absolute Gasteiger partial charge is 0.372 e. The van der Waals surface area contributed by atoms with Crippen molar-refractivity contribution in [2.75, 3.05) is 29.2 Å². The van der Waals surface area contributed by atoms with Crippen molar-refractivity contribution in [3.05, 3.63) is 10.7 Å². The summed E-state index contributed by atoms with van der Waals surface area (Å²) < 4.78 is 23.4. The Hall–Kier alpha value is -0.890. The standard InChI is InChI=1S/C9H13BrN4O2S/c1-11-8-7(10)4-12-9(14-8)13-6-2-3-17(15,16)5-6/h4,6H,2-3,5H2,1H3,(H2,11,12,13,14). The van der Waals surface area contributed by atoms with Crippen molar-refractivity contribution < 1.29 is 8.42 Å². The van der Waals surface area contributed by atoms with Crippen LogP contribution in [0.2, 0.25) is 0 Å². The second-order valence-electron chi connectivity index (χ2n) is 3.88. The van der Waals surface area contributed by atoms with Crippen molar-refractivity contribution in [2.24, 2.45) is 0 Å². The average molecular weight is 321 g/mol. The fourth-order valence-corrected chi connectivity index (χ4v) is 3.77. The zero-order valence-electron chi connectivity index (χ0n) is 9.27. The van der Waals surface area contributed by atoms with Gasteiger partial charge in [-0.2, -0.15) is 4.98 Å². The minimum absolute atomic E-state index is 0.0918. The summed E-state index contributed by atoms with van der Waals surface area (Å²) >= 11 is 3.31. The third-order valence-corrected chi connectivity index (χ3v) is 4.89. The van der Waals surface area contributed by atoms with E-state index in [4.69, 9.17) is 0 Å². The molecular formula is C9H13BrN4O2S. The Kier molecular flexibility index (Phi) is 3.53. The van der Waals surface area contributed by atoms with Crippen molar-refractivity contribution in [1.29, 1.82) is 0 Å². The van der Waals surface area contributed by atoms with E-state index in [2.05, 4.69) is 36.5 Å². The molecule has 1 fully saturated rings. The lowest BCUT2D eigenvalue weighted by Crippen LogP contribution is -2.22. The van der Waals surface area contributed by atoms with E-state index in [1.807, 2.05) is 0 Å². The highest BCUT2D eigenvalue weighted by Crippen LogP contribution is 2.21. The van der Waals surface area contributed by atoms with Crippen LogP contribution in [0.3, 0.4) is 0 Å². The summed E-state index contributed by atoms with van der Waals surface area (Å²) in [5.41, 5.74) is 0. The van der Waals surface area contributed by atoms with Crippen LogP contribution in [-0.4, -0.2) is 43.0 Å². The third-order valence-electron chi connectivity index (χ3n) is 2.55. The van der Waals surface area contributed by atoms with Crippen LogP contribution in [0, 0.1) is 0 Å². The third kappa shape index (κ3) is 3.06. The van der Waals surface area contributed by atoms with E-state index in [1.54, 1.807) is 13.2 Å². The minimum atomic E-state index is -2.88. The van der Waals surface area contributed by atoms with Crippen molar-refractivity contribution in [3.63, 3.8) is 0 Å². The Morgan fingerprint density at radius 2 is 2.29 bits per heavy atom. The monoisotopic (exact) mass is 320 g/mol. The normalized spacial score (nSPS) is 22.4. The van der Waals surface area contributed by atoms with Gasteiger partial charge in [-0.25, -0.2) is 13.4 Å². The van der Waals surface area contributed by atoms with Crippen LogP contribution in [0.4, 0.5) is 11.8 Å². The van der Waals surface area contributed by atoms with Crippen molar-refractivity contribution in [3.8, 4) is 0 Å². The maximum atomic E-state index is 11.3. The SMILES string of the molecule is CNc1nc(NC2CCS(=O)(=O)C2)ncc1Br. The highest BCUT2D eigenvalue weighted by Gasteiger charge is 2.28. The first-order valence-corrected chi connectivity index (χ1v) is 7.79. The molecule has 0 aliphatic carbocycles. The summed E-state index contributed by atoms with van der Waals surface area (Å²) in [5.74, 6) is 1.50. The predicted molar refractivity (Wildman–Crippen MR) is 70.0 cm³/mol. The summed E-state index contributed by atoms with van der Waals surface area (Å²) in [7, 11) is -1.12. The lowest BCUT2D eigenvalue weighted by atomic mass is 10.3. The van der Waals surface area contributed by atoms with Crippen LogP contribution in [0.15, 0.2) is 10.7 Å². The lowest BCUT2D eigenvalue weighted by molar-refractivity contribution is 0.602. The summed E-state index contributed by atoms with van der Waals surface area (Å²) in [4.78, 5) is 8.32. The molecule has 94 valence electrons. The van der Waals surface area contributed by atoms with E-state index < -0.39 is 9.84 Å². The molecule has 1 aromatic heterocycles. The number of hydrogen-bond donors (Lipinski definition) is 2. The highest BCUT2D eigenvalue weighted by atomic mass is 79.9. The molecule has 0 amide bonds. The fraction of sp³-hybridized carbons (Fsp3) is 0.556. The molecule has 6 nitrogen and oxygen atoms in total. The van der Waals surface area contributed by atoms with Gasteiger partial charge in [0.05, 0.1) is 16.0 Å². The van der Waals surface area contributed by atoms with Crippen LogP contribution in [0.1, 0.15) is 6.42 Å². The number of aromatic nitrogens is 2. The number of hydrogen-bond acceptors (Lipinski definition) is 6. The van der Waals surface area contributed by atoms with Gasteiger partial charge in [0.25, 0.3) is 0 Å². The van der Waals surface area contributed by atoms with E-state index in [0.717, 1.165) is 4.47 Å². The van der Waals surface area contributed by atoms with Crippen LogP contribution in [0.5, 0.6) is 0 Å². The molecule has 0 aromatic carbocycles. The van der Waals surface area contributed by atoms with Crippen molar-refractivity contribution in [2.45, 2.75) is 12.5 Å². The Labute approximate surface area is 108 Å². The minimum Gasteiger partial charge on any atom is -0.372 e. The van der Waals surface area contributed by atoms with Gasteiger partial charge in [-0.3, -0.25) is 0 Å². The van der Waals surface area contributed by atoms with E-state index in [1.165, 1.54) is 0 Å². The number of sulfone groups is 1. The smallest absolute Gasteiger partial charge is 0.224 e. The van der Waals surface area contributed by atoms with Gasteiger partial charge < -0.3 is 10.6 Å². The topological polar surface area (TPSA) is 84.0 Å². The molecule has 8 heteroatoms. The van der Waals surface area contributed by atoms with Gasteiger partial charge in [-0.1, -0.05) is 0 Å². The second-order valence-corrected chi connectivity index (χ2v) is 6.97. The van der Waals surface area contributed by atoms with Gasteiger partial charge >= 0.3 is 0 Å². The molecule has 2 rings (SSSR count). The number of nitrogens with zero attached hydrogens (tertiary/aromatic N) is 2. The number of rotatable bonds is 3. The molecule has 1 aliphatic heterocycles. The van der Waals surface area contributed by atoms with Crippen molar-refractivity contribution >= 4 is 37.5 Å². The van der Waals surface area contributed by atoms with Gasteiger partial charge in [0.15, 0.2) is 9.84 Å². The maximum Gasteiger partial charge on any atom is 0.224 e. The molecule has 0 bridgehead atoms. The van der Waals surface area contributed by atoms with Gasteiger partial charge in [-0.15, -0.1) is 0 Å². The quantitative estimate of drug-likeness (QED) is 0.860. The molecule has 1 aliphatic rings. The van der Waals surface area contributed by atoms with Gasteiger partial charge in [-0.05, 0) is 22.4 Å². The first-order chi connectivity index (χ1) is 8.00. The average Bonchev–Trinajstić information content (AvgIpc) is 2.61. The Morgan fingerprint density at radius 1 is 1.53 bits per heavy atom. The summed E-state index contributed by atoms with van der Waals surface area (Å²) in [6.45, 7) is 0. The molecule has 17 heavy (non-hydrogen) atoms. The molecular weight excluding hydrogens is 308 g/mol. The second kappa shape index (κ2) is 4.77. The molecule has 1 aromatic rings. The number of nitrogens with one attached hydrogen (secondary N) is 2. The Bertz CT molecular complexity index is 520. The summed E-state index contributed by atoms with van der Waals surface area (Å²) in [6, 6.07) is -0.0918. The van der Waals surface area contributed by atoms with E-state index >= 15 is 0 Å². The van der Waals surface area contributed by atoms with Crippen LogP contribution in [-0.2, 0) is 9.84 Å². The Morgan fingerprint density at radius 3 is 2.88 bits per heavy atom. The van der Waals surface area contributed by atoms with E-state index in [0.29, 0.717) is 18.2 Å². The lowest BCUT2D eigenvalue weighted by Gasteiger charge is -2.11. The molecule has 1 saturated heterocycles. The molecule has 0 radical (unpaired) electrons. The Balaban J connectivity index is 2.09. The van der Waals surface area contributed by atoms with E-state index in [9.17, 15) is 8.42 Å². The highest BCUT2D eigenvalue weighted by molar-refractivity contribution is 9.10. The van der Waals surface area contributed by atoms with Gasteiger partial charge in [0.1, 0.15) is 5.82 Å². The molecule has 1 unspecified atom stereocenters. The fourth-order valence-electron chi connectivity index (χ4n) is 1.70. The molecule has 2 heterocycles. The van der Waals surface area contributed by atoms with Gasteiger partial charge in [0.2, 0.25) is 5.95 Å². The van der Waals surface area contributed by atoms with Crippen molar-refractivity contribution in [1.82, 2.24) is 9.97 Å². The van der Waals surface area contributed by atoms with E-state index in [-0.39, 0.29) is 17.5 Å².